The summed E-state index contributed by atoms with van der Waals surface area (Å²) in [6.45, 7) is 5.42. The van der Waals surface area contributed by atoms with Crippen molar-refractivity contribution < 1.29 is 19.1 Å². The van der Waals surface area contributed by atoms with Crippen LogP contribution in [0.1, 0.15) is 31.1 Å². The van der Waals surface area contributed by atoms with E-state index >= 15 is 0 Å². The number of ether oxygens (including phenoxy) is 1. The van der Waals surface area contributed by atoms with Gasteiger partial charge in [0, 0.05) is 36.4 Å². The predicted molar refractivity (Wildman–Crippen MR) is 113 cm³/mol. The summed E-state index contributed by atoms with van der Waals surface area (Å²) in [6.07, 6.45) is 0. The molecule has 0 saturated carbocycles. The van der Waals surface area contributed by atoms with Gasteiger partial charge >= 0.3 is 0 Å². The van der Waals surface area contributed by atoms with Crippen LogP contribution >= 0.6 is 0 Å². The van der Waals surface area contributed by atoms with Crippen molar-refractivity contribution >= 4 is 29.1 Å². The first-order valence-corrected chi connectivity index (χ1v) is 9.22. The number of rotatable bonds is 6. The molecular weight excluding hydrogens is 370 g/mol. The van der Waals surface area contributed by atoms with Crippen LogP contribution < -0.4 is 15.4 Å². The smallest absolute Gasteiger partial charge is 0.259 e. The van der Waals surface area contributed by atoms with Gasteiger partial charge in [0.05, 0.1) is 0 Å². The van der Waals surface area contributed by atoms with Gasteiger partial charge in [0.15, 0.2) is 6.61 Å². The summed E-state index contributed by atoms with van der Waals surface area (Å²) in [4.78, 5) is 37.6. The van der Waals surface area contributed by atoms with Crippen LogP contribution in [0.25, 0.3) is 0 Å². The second kappa shape index (κ2) is 9.23. The van der Waals surface area contributed by atoms with Gasteiger partial charge in [-0.2, -0.15) is 0 Å². The Morgan fingerprint density at radius 3 is 2.17 bits per heavy atom. The lowest BCUT2D eigenvalue weighted by atomic mass is 9.95. The van der Waals surface area contributed by atoms with Crippen molar-refractivity contribution in [1.82, 2.24) is 4.90 Å². The molecule has 7 nitrogen and oxygen atoms in total. The third kappa shape index (κ3) is 6.64. The van der Waals surface area contributed by atoms with Crippen LogP contribution in [0.15, 0.2) is 48.5 Å². The third-order valence-electron chi connectivity index (χ3n) is 4.04. The molecule has 7 heteroatoms. The quantitative estimate of drug-likeness (QED) is 0.782. The zero-order valence-electron chi connectivity index (χ0n) is 17.4. The Bertz CT molecular complexity index is 884. The van der Waals surface area contributed by atoms with Gasteiger partial charge in [0.25, 0.3) is 11.8 Å². The molecule has 0 aliphatic rings. The molecule has 0 heterocycles. The summed E-state index contributed by atoms with van der Waals surface area (Å²) >= 11 is 0. The lowest BCUT2D eigenvalue weighted by molar-refractivity contribution is -0.130. The highest BCUT2D eigenvalue weighted by atomic mass is 16.5. The lowest BCUT2D eigenvalue weighted by Gasteiger charge is -2.18. The van der Waals surface area contributed by atoms with E-state index in [4.69, 9.17) is 4.74 Å². The highest BCUT2D eigenvalue weighted by molar-refractivity contribution is 6.05. The molecule has 0 aromatic heterocycles. The molecule has 0 aliphatic heterocycles. The summed E-state index contributed by atoms with van der Waals surface area (Å²) in [7, 11) is 3.32. The van der Waals surface area contributed by atoms with Crippen LogP contribution in [0, 0.1) is 5.41 Å². The van der Waals surface area contributed by atoms with Crippen molar-refractivity contribution in [3.8, 4) is 5.75 Å². The summed E-state index contributed by atoms with van der Waals surface area (Å²) in [6, 6.07) is 13.5. The van der Waals surface area contributed by atoms with Crippen LogP contribution in [0.5, 0.6) is 5.75 Å². The van der Waals surface area contributed by atoms with Gasteiger partial charge in [-0.1, -0.05) is 26.8 Å². The Labute approximate surface area is 171 Å². The van der Waals surface area contributed by atoms with E-state index in [2.05, 4.69) is 10.6 Å². The molecule has 2 aromatic rings. The SMILES string of the molecule is CN(C)C(=O)COc1ccc(NC(=O)c2cccc(NC(=O)C(C)(C)C)c2)cc1. The fourth-order valence-electron chi connectivity index (χ4n) is 2.17. The first-order chi connectivity index (χ1) is 13.6. The molecule has 0 bridgehead atoms. The zero-order chi connectivity index (χ0) is 21.6. The molecule has 0 fully saturated rings. The Morgan fingerprint density at radius 2 is 1.59 bits per heavy atom. The van der Waals surface area contributed by atoms with Crippen LogP contribution in [0.3, 0.4) is 0 Å². The Balaban J connectivity index is 1.99. The normalized spacial score (nSPS) is 10.8. The van der Waals surface area contributed by atoms with Gasteiger partial charge in [-0.25, -0.2) is 0 Å². The molecule has 0 atom stereocenters. The average Bonchev–Trinajstić information content (AvgIpc) is 2.66. The number of anilines is 2. The molecule has 0 spiro atoms. The minimum atomic E-state index is -0.529. The largest absolute Gasteiger partial charge is 0.484 e. The average molecular weight is 397 g/mol. The number of nitrogens with one attached hydrogen (secondary N) is 2. The molecule has 2 N–H and O–H groups in total. The number of carbonyl (C=O) groups is 3. The van der Waals surface area contributed by atoms with Crippen molar-refractivity contribution in [3.63, 3.8) is 0 Å². The topological polar surface area (TPSA) is 87.7 Å². The van der Waals surface area contributed by atoms with Gasteiger partial charge in [0.2, 0.25) is 5.91 Å². The molecule has 2 rings (SSSR count). The number of hydrogen-bond donors (Lipinski definition) is 2. The summed E-state index contributed by atoms with van der Waals surface area (Å²) in [5.74, 6) is -0.0300. The number of nitrogens with zero attached hydrogens (tertiary/aromatic N) is 1. The van der Waals surface area contributed by atoms with Crippen molar-refractivity contribution in [3.05, 3.63) is 54.1 Å². The van der Waals surface area contributed by atoms with Crippen molar-refractivity contribution in [2.75, 3.05) is 31.3 Å². The second-order valence-electron chi connectivity index (χ2n) is 7.84. The third-order valence-corrected chi connectivity index (χ3v) is 4.04. The number of benzene rings is 2. The van der Waals surface area contributed by atoms with Crippen LogP contribution in [-0.4, -0.2) is 43.3 Å². The Morgan fingerprint density at radius 1 is 0.931 bits per heavy atom. The molecule has 3 amide bonds. The minimum absolute atomic E-state index is 0.0498. The van der Waals surface area contributed by atoms with Gasteiger partial charge in [-0.3, -0.25) is 14.4 Å². The molecule has 29 heavy (non-hydrogen) atoms. The van der Waals surface area contributed by atoms with Gasteiger partial charge < -0.3 is 20.3 Å². The van der Waals surface area contributed by atoms with E-state index in [0.717, 1.165) is 0 Å². The van der Waals surface area contributed by atoms with Gasteiger partial charge in [0.1, 0.15) is 5.75 Å². The lowest BCUT2D eigenvalue weighted by Crippen LogP contribution is -2.27. The summed E-state index contributed by atoms with van der Waals surface area (Å²) in [5, 5.41) is 5.61. The van der Waals surface area contributed by atoms with Gasteiger partial charge in [-0.05, 0) is 42.5 Å². The minimum Gasteiger partial charge on any atom is -0.484 e. The highest BCUT2D eigenvalue weighted by Gasteiger charge is 2.21. The van der Waals surface area contributed by atoms with Crippen molar-refractivity contribution in [2.24, 2.45) is 5.41 Å². The maximum Gasteiger partial charge on any atom is 0.259 e. The Hall–Kier alpha value is -3.35. The van der Waals surface area contributed by atoms with Crippen molar-refractivity contribution in [1.29, 1.82) is 0 Å². The van der Waals surface area contributed by atoms with Gasteiger partial charge in [-0.15, -0.1) is 0 Å². The molecule has 2 aromatic carbocycles. The first kappa shape index (κ1) is 21.9. The van der Waals surface area contributed by atoms with E-state index in [0.29, 0.717) is 22.7 Å². The molecular formula is C22H27N3O4. The van der Waals surface area contributed by atoms with E-state index in [1.54, 1.807) is 62.6 Å². The molecule has 0 aliphatic carbocycles. The fraction of sp³-hybridized carbons (Fsp3) is 0.318. The second-order valence-corrected chi connectivity index (χ2v) is 7.84. The highest BCUT2D eigenvalue weighted by Crippen LogP contribution is 2.20. The monoisotopic (exact) mass is 397 g/mol. The standard InChI is InChI=1S/C22H27N3O4/c1-22(2,3)21(28)24-17-8-6-7-15(13-17)20(27)23-16-9-11-18(12-10-16)29-14-19(26)25(4)5/h6-13H,14H2,1-5H3,(H,23,27)(H,24,28). The van der Waals surface area contributed by atoms with E-state index in [1.807, 2.05) is 20.8 Å². The molecule has 154 valence electrons. The molecule has 0 radical (unpaired) electrons. The number of likely N-dealkylation sites (N-methyl/N-ethyl adjacent to an activating group) is 1. The van der Waals surface area contributed by atoms with E-state index < -0.39 is 5.41 Å². The summed E-state index contributed by atoms with van der Waals surface area (Å²) < 4.78 is 5.41. The van der Waals surface area contributed by atoms with Crippen LogP contribution in [0.2, 0.25) is 0 Å². The number of amides is 3. The Kier molecular flexibility index (Phi) is 6.98. The van der Waals surface area contributed by atoms with E-state index in [9.17, 15) is 14.4 Å². The van der Waals surface area contributed by atoms with Crippen LogP contribution in [-0.2, 0) is 9.59 Å². The van der Waals surface area contributed by atoms with E-state index in [1.165, 1.54) is 4.90 Å². The fourth-order valence-corrected chi connectivity index (χ4v) is 2.17. The molecule has 0 unspecified atom stereocenters. The molecule has 0 saturated heterocycles. The van der Waals surface area contributed by atoms with Crippen molar-refractivity contribution in [2.45, 2.75) is 20.8 Å². The van der Waals surface area contributed by atoms with E-state index in [-0.39, 0.29) is 24.3 Å². The van der Waals surface area contributed by atoms with Crippen LogP contribution in [0.4, 0.5) is 11.4 Å². The number of hydrogen-bond acceptors (Lipinski definition) is 4. The maximum absolute atomic E-state index is 12.5. The zero-order valence-corrected chi connectivity index (χ0v) is 17.4. The predicted octanol–water partition coefficient (Wildman–Crippen LogP) is 3.39. The maximum atomic E-state index is 12.5. The summed E-state index contributed by atoms with van der Waals surface area (Å²) in [5.41, 5.74) is 1.05. The number of carbonyl (C=O) groups excluding carboxylic acids is 3. The first-order valence-electron chi connectivity index (χ1n) is 9.22.